The largest absolute Gasteiger partial charge is 0.330 e. The van der Waals surface area contributed by atoms with Crippen LogP contribution in [0.5, 0.6) is 0 Å². The second-order valence-corrected chi connectivity index (χ2v) is 5.56. The summed E-state index contributed by atoms with van der Waals surface area (Å²) in [5.41, 5.74) is 8.48. The lowest BCUT2D eigenvalue weighted by Crippen LogP contribution is -2.27. The van der Waals surface area contributed by atoms with Crippen molar-refractivity contribution in [3.05, 3.63) is 47.3 Å². The monoisotopic (exact) mass is 231 g/mol. The van der Waals surface area contributed by atoms with Crippen molar-refractivity contribution in [1.82, 2.24) is 0 Å². The Hall–Kier alpha value is -1.12. The van der Waals surface area contributed by atoms with Crippen LogP contribution >= 0.6 is 11.3 Å². The van der Waals surface area contributed by atoms with Crippen molar-refractivity contribution in [3.63, 3.8) is 0 Å². The predicted molar refractivity (Wildman–Crippen MR) is 71.8 cm³/mol. The van der Waals surface area contributed by atoms with Gasteiger partial charge < -0.3 is 5.73 Å². The van der Waals surface area contributed by atoms with Gasteiger partial charge in [0.2, 0.25) is 0 Å². The molecule has 1 heterocycles. The normalized spacial score (nSPS) is 11.7. The summed E-state index contributed by atoms with van der Waals surface area (Å²) in [4.78, 5) is 1.32. The molecule has 0 aliphatic heterocycles. The van der Waals surface area contributed by atoms with Gasteiger partial charge in [0.05, 0.1) is 0 Å². The summed E-state index contributed by atoms with van der Waals surface area (Å²) in [6, 6.07) is 12.7. The minimum absolute atomic E-state index is 0.0729. The van der Waals surface area contributed by atoms with E-state index in [2.05, 4.69) is 49.6 Å². The molecular weight excluding hydrogens is 214 g/mol. The number of thiophene rings is 1. The maximum Gasteiger partial charge on any atom is 0.0345 e. The summed E-state index contributed by atoms with van der Waals surface area (Å²) in [5, 5.41) is 2.22. The fourth-order valence-corrected chi connectivity index (χ4v) is 2.67. The third kappa shape index (κ3) is 2.18. The van der Waals surface area contributed by atoms with E-state index in [4.69, 9.17) is 5.73 Å². The molecule has 0 fully saturated rings. The van der Waals surface area contributed by atoms with Crippen molar-refractivity contribution in [2.45, 2.75) is 19.3 Å². The van der Waals surface area contributed by atoms with Gasteiger partial charge in [0.15, 0.2) is 0 Å². The van der Waals surface area contributed by atoms with Gasteiger partial charge in [0.25, 0.3) is 0 Å². The molecule has 84 valence electrons. The lowest BCUT2D eigenvalue weighted by atomic mass is 9.86. The van der Waals surface area contributed by atoms with Crippen LogP contribution in [0.1, 0.15) is 19.4 Å². The lowest BCUT2D eigenvalue weighted by molar-refractivity contribution is 0.541. The predicted octanol–water partition coefficient (Wildman–Crippen LogP) is 3.65. The Morgan fingerprint density at radius 3 is 2.50 bits per heavy atom. The molecule has 0 aliphatic carbocycles. The number of benzene rings is 1. The topological polar surface area (TPSA) is 26.0 Å². The van der Waals surface area contributed by atoms with Crippen LogP contribution in [0.25, 0.3) is 10.4 Å². The highest BCUT2D eigenvalue weighted by Gasteiger charge is 2.20. The zero-order valence-electron chi connectivity index (χ0n) is 9.73. The maximum atomic E-state index is 5.79. The highest BCUT2D eigenvalue weighted by atomic mass is 32.1. The van der Waals surface area contributed by atoms with Crippen molar-refractivity contribution in [2.75, 3.05) is 6.54 Å². The third-order valence-electron chi connectivity index (χ3n) is 2.95. The second-order valence-electron chi connectivity index (χ2n) is 4.65. The minimum atomic E-state index is 0.0729. The van der Waals surface area contributed by atoms with Crippen LogP contribution in [-0.2, 0) is 5.41 Å². The molecule has 0 radical (unpaired) electrons. The van der Waals surface area contributed by atoms with Gasteiger partial charge in [0, 0.05) is 16.8 Å². The van der Waals surface area contributed by atoms with Gasteiger partial charge in [-0.3, -0.25) is 0 Å². The summed E-state index contributed by atoms with van der Waals surface area (Å²) < 4.78 is 0. The van der Waals surface area contributed by atoms with E-state index in [-0.39, 0.29) is 5.41 Å². The summed E-state index contributed by atoms with van der Waals surface area (Å²) in [5.74, 6) is 0. The van der Waals surface area contributed by atoms with E-state index in [1.165, 1.54) is 16.0 Å². The molecule has 0 bridgehead atoms. The summed E-state index contributed by atoms with van der Waals surface area (Å²) in [6.45, 7) is 5.05. The van der Waals surface area contributed by atoms with E-state index in [9.17, 15) is 0 Å². The van der Waals surface area contributed by atoms with E-state index in [0.29, 0.717) is 6.54 Å². The first kappa shape index (κ1) is 11.4. The molecule has 2 aromatic rings. The molecule has 0 unspecified atom stereocenters. The van der Waals surface area contributed by atoms with Gasteiger partial charge in [-0.2, -0.15) is 0 Å². The summed E-state index contributed by atoms with van der Waals surface area (Å²) in [7, 11) is 0. The van der Waals surface area contributed by atoms with Crippen LogP contribution in [-0.4, -0.2) is 6.54 Å². The first-order chi connectivity index (χ1) is 7.63. The van der Waals surface area contributed by atoms with Gasteiger partial charge in [0.1, 0.15) is 0 Å². The van der Waals surface area contributed by atoms with E-state index in [0.717, 1.165) is 0 Å². The fraction of sp³-hybridized carbons (Fsp3) is 0.286. The zero-order valence-corrected chi connectivity index (χ0v) is 10.6. The van der Waals surface area contributed by atoms with Crippen LogP contribution in [0, 0.1) is 0 Å². The standard InChI is InChI=1S/C14H17NS/c1-14(2,10-15)12-8-13(16-9-12)11-6-4-3-5-7-11/h3-9H,10,15H2,1-2H3. The van der Waals surface area contributed by atoms with Crippen molar-refractivity contribution < 1.29 is 0 Å². The molecule has 0 saturated heterocycles. The average molecular weight is 231 g/mol. The van der Waals surface area contributed by atoms with E-state index >= 15 is 0 Å². The molecule has 2 N–H and O–H groups in total. The SMILES string of the molecule is CC(C)(CN)c1csc(-c2ccccc2)c1. The Kier molecular flexibility index (Phi) is 3.13. The molecule has 0 saturated carbocycles. The van der Waals surface area contributed by atoms with Gasteiger partial charge in [-0.15, -0.1) is 11.3 Å². The first-order valence-corrected chi connectivity index (χ1v) is 6.36. The lowest BCUT2D eigenvalue weighted by Gasteiger charge is -2.20. The Balaban J connectivity index is 2.34. The molecule has 0 spiro atoms. The summed E-state index contributed by atoms with van der Waals surface area (Å²) in [6.07, 6.45) is 0. The minimum Gasteiger partial charge on any atom is -0.330 e. The molecule has 2 heteroatoms. The molecule has 1 aromatic heterocycles. The Morgan fingerprint density at radius 2 is 1.88 bits per heavy atom. The molecule has 0 aliphatic rings. The number of rotatable bonds is 3. The second kappa shape index (κ2) is 4.40. The number of nitrogens with two attached hydrogens (primary N) is 1. The van der Waals surface area contributed by atoms with E-state index in [1.807, 2.05) is 6.07 Å². The Morgan fingerprint density at radius 1 is 1.19 bits per heavy atom. The van der Waals surface area contributed by atoms with Gasteiger partial charge in [-0.25, -0.2) is 0 Å². The highest BCUT2D eigenvalue weighted by Crippen LogP contribution is 2.32. The molecule has 0 amide bonds. The van der Waals surface area contributed by atoms with Gasteiger partial charge in [-0.05, 0) is 22.6 Å². The van der Waals surface area contributed by atoms with Crippen LogP contribution in [0.3, 0.4) is 0 Å². The maximum absolute atomic E-state index is 5.79. The molecule has 0 atom stereocenters. The first-order valence-electron chi connectivity index (χ1n) is 5.48. The van der Waals surface area contributed by atoms with E-state index in [1.54, 1.807) is 11.3 Å². The van der Waals surface area contributed by atoms with Gasteiger partial charge >= 0.3 is 0 Å². The Bertz CT molecular complexity index is 457. The van der Waals surface area contributed by atoms with Gasteiger partial charge in [-0.1, -0.05) is 44.2 Å². The highest BCUT2D eigenvalue weighted by molar-refractivity contribution is 7.13. The number of hydrogen-bond acceptors (Lipinski definition) is 2. The van der Waals surface area contributed by atoms with Crippen LogP contribution < -0.4 is 5.73 Å². The van der Waals surface area contributed by atoms with Crippen LogP contribution in [0.4, 0.5) is 0 Å². The van der Waals surface area contributed by atoms with Crippen molar-refractivity contribution >= 4 is 11.3 Å². The quantitative estimate of drug-likeness (QED) is 0.857. The van der Waals surface area contributed by atoms with Crippen molar-refractivity contribution in [3.8, 4) is 10.4 Å². The van der Waals surface area contributed by atoms with Crippen LogP contribution in [0.2, 0.25) is 0 Å². The summed E-state index contributed by atoms with van der Waals surface area (Å²) >= 11 is 1.79. The molecular formula is C14H17NS. The molecule has 16 heavy (non-hydrogen) atoms. The molecule has 1 nitrogen and oxygen atoms in total. The van der Waals surface area contributed by atoms with Crippen LogP contribution in [0.15, 0.2) is 41.8 Å². The number of hydrogen-bond donors (Lipinski definition) is 1. The smallest absolute Gasteiger partial charge is 0.0345 e. The molecule has 2 rings (SSSR count). The Labute approximate surface area is 101 Å². The van der Waals surface area contributed by atoms with E-state index < -0.39 is 0 Å². The van der Waals surface area contributed by atoms with Crippen molar-refractivity contribution in [2.24, 2.45) is 5.73 Å². The zero-order chi connectivity index (χ0) is 11.6. The third-order valence-corrected chi connectivity index (χ3v) is 3.93. The fourth-order valence-electron chi connectivity index (χ4n) is 1.56. The molecule has 1 aromatic carbocycles. The van der Waals surface area contributed by atoms with Crippen molar-refractivity contribution in [1.29, 1.82) is 0 Å². The average Bonchev–Trinajstić information content (AvgIpc) is 2.80.